The summed E-state index contributed by atoms with van der Waals surface area (Å²) < 4.78 is 28.7. The van der Waals surface area contributed by atoms with E-state index >= 15 is 0 Å². The van der Waals surface area contributed by atoms with Crippen molar-refractivity contribution < 1.29 is 13.2 Å². The molecule has 1 aliphatic rings. The Morgan fingerprint density at radius 1 is 1.15 bits per heavy atom. The van der Waals surface area contributed by atoms with E-state index in [1.54, 1.807) is 48.6 Å². The van der Waals surface area contributed by atoms with Crippen molar-refractivity contribution in [1.29, 1.82) is 0 Å². The maximum Gasteiger partial charge on any atom is 0.279 e. The molecule has 2 heterocycles. The average Bonchev–Trinajstić information content (AvgIpc) is 2.73. The summed E-state index contributed by atoms with van der Waals surface area (Å²) in [5.41, 5.74) is 2.10. The van der Waals surface area contributed by atoms with Crippen molar-refractivity contribution >= 4 is 21.8 Å². The lowest BCUT2D eigenvalue weighted by molar-refractivity contribution is 0.0993. The average molecular weight is 389 g/mol. The van der Waals surface area contributed by atoms with Crippen molar-refractivity contribution in [3.05, 3.63) is 59.9 Å². The molecule has 0 unspecified atom stereocenters. The third kappa shape index (κ3) is 4.89. The molecule has 27 heavy (non-hydrogen) atoms. The standard InChI is InChI=1S/C18H23N5O3S/c1-22(18(24)16-6-8-19-9-7-16)17-4-2-15(3-5-17)14-21-27(25,26)23-12-10-20-11-13-23/h2-9,20-21H,10-14H2,1H3. The fraction of sp³-hybridized carbons (Fsp3) is 0.333. The van der Waals surface area contributed by atoms with Crippen LogP contribution in [0.25, 0.3) is 0 Å². The highest BCUT2D eigenvalue weighted by atomic mass is 32.2. The molecular weight excluding hydrogens is 366 g/mol. The molecule has 1 saturated heterocycles. The fourth-order valence-electron chi connectivity index (χ4n) is 2.79. The van der Waals surface area contributed by atoms with E-state index in [0.717, 1.165) is 11.3 Å². The van der Waals surface area contributed by atoms with Crippen LogP contribution >= 0.6 is 0 Å². The monoisotopic (exact) mass is 389 g/mol. The number of carbonyl (C=O) groups excluding carboxylic acids is 1. The van der Waals surface area contributed by atoms with Gasteiger partial charge in [0.15, 0.2) is 0 Å². The molecule has 2 N–H and O–H groups in total. The number of anilines is 1. The highest BCUT2D eigenvalue weighted by Gasteiger charge is 2.23. The molecule has 0 bridgehead atoms. The van der Waals surface area contributed by atoms with E-state index < -0.39 is 10.2 Å². The predicted molar refractivity (Wildman–Crippen MR) is 104 cm³/mol. The maximum atomic E-state index is 12.5. The molecule has 9 heteroatoms. The number of pyridine rings is 1. The van der Waals surface area contributed by atoms with Gasteiger partial charge in [0.2, 0.25) is 0 Å². The second-order valence-corrected chi connectivity index (χ2v) is 8.00. The van der Waals surface area contributed by atoms with Crippen LogP contribution in [0.2, 0.25) is 0 Å². The molecule has 1 fully saturated rings. The Bertz CT molecular complexity index is 866. The number of hydrogen-bond donors (Lipinski definition) is 2. The number of rotatable bonds is 6. The molecule has 0 aliphatic carbocycles. The van der Waals surface area contributed by atoms with Crippen molar-refractivity contribution in [2.24, 2.45) is 0 Å². The zero-order valence-electron chi connectivity index (χ0n) is 15.1. The smallest absolute Gasteiger partial charge is 0.279 e. The minimum atomic E-state index is -3.48. The van der Waals surface area contributed by atoms with Crippen LogP contribution in [-0.2, 0) is 16.8 Å². The van der Waals surface area contributed by atoms with Crippen LogP contribution in [0.4, 0.5) is 5.69 Å². The molecule has 8 nitrogen and oxygen atoms in total. The van der Waals surface area contributed by atoms with E-state index in [9.17, 15) is 13.2 Å². The first-order valence-corrected chi connectivity index (χ1v) is 10.1. The van der Waals surface area contributed by atoms with Gasteiger partial charge in [0.25, 0.3) is 16.1 Å². The number of nitrogens with zero attached hydrogens (tertiary/aromatic N) is 3. The Labute approximate surface area is 159 Å². The number of nitrogens with one attached hydrogen (secondary N) is 2. The van der Waals surface area contributed by atoms with Crippen LogP contribution in [0.1, 0.15) is 15.9 Å². The SMILES string of the molecule is CN(C(=O)c1ccncc1)c1ccc(CNS(=O)(=O)N2CCNCC2)cc1. The first-order valence-electron chi connectivity index (χ1n) is 8.70. The molecular formula is C18H23N5O3S. The van der Waals surface area contributed by atoms with E-state index in [4.69, 9.17) is 0 Å². The van der Waals surface area contributed by atoms with Gasteiger partial charge in [0, 0.05) is 63.4 Å². The largest absolute Gasteiger partial charge is 0.314 e. The molecule has 1 amide bonds. The van der Waals surface area contributed by atoms with Gasteiger partial charge in [-0.25, -0.2) is 0 Å². The van der Waals surface area contributed by atoms with Crippen molar-refractivity contribution in [3.63, 3.8) is 0 Å². The summed E-state index contributed by atoms with van der Waals surface area (Å²) >= 11 is 0. The molecule has 1 aromatic heterocycles. The van der Waals surface area contributed by atoms with E-state index in [-0.39, 0.29) is 12.5 Å². The number of benzene rings is 1. The summed E-state index contributed by atoms with van der Waals surface area (Å²) in [4.78, 5) is 17.9. The van der Waals surface area contributed by atoms with Gasteiger partial charge >= 0.3 is 0 Å². The Balaban J connectivity index is 1.61. The molecule has 144 valence electrons. The Morgan fingerprint density at radius 2 is 1.78 bits per heavy atom. The third-order valence-corrected chi connectivity index (χ3v) is 5.98. The lowest BCUT2D eigenvalue weighted by Gasteiger charge is -2.26. The zero-order valence-corrected chi connectivity index (χ0v) is 15.9. The van der Waals surface area contributed by atoms with Crippen molar-refractivity contribution in [1.82, 2.24) is 19.3 Å². The van der Waals surface area contributed by atoms with Gasteiger partial charge in [0.1, 0.15) is 0 Å². The van der Waals surface area contributed by atoms with Gasteiger partial charge in [-0.15, -0.1) is 0 Å². The molecule has 3 rings (SSSR count). The fourth-order valence-corrected chi connectivity index (χ4v) is 3.99. The molecule has 1 aromatic carbocycles. The second-order valence-electron chi connectivity index (χ2n) is 6.24. The van der Waals surface area contributed by atoms with Gasteiger partial charge in [-0.1, -0.05) is 12.1 Å². The number of carbonyl (C=O) groups is 1. The summed E-state index contributed by atoms with van der Waals surface area (Å²) in [6.07, 6.45) is 3.16. The number of amides is 1. The van der Waals surface area contributed by atoms with Crippen molar-refractivity contribution in [2.45, 2.75) is 6.54 Å². The minimum Gasteiger partial charge on any atom is -0.314 e. The lowest BCUT2D eigenvalue weighted by atomic mass is 10.2. The van der Waals surface area contributed by atoms with Crippen LogP contribution in [0.5, 0.6) is 0 Å². The van der Waals surface area contributed by atoms with E-state index in [1.165, 1.54) is 4.31 Å². The third-order valence-electron chi connectivity index (χ3n) is 4.43. The molecule has 1 aliphatic heterocycles. The van der Waals surface area contributed by atoms with Gasteiger partial charge in [-0.3, -0.25) is 9.78 Å². The van der Waals surface area contributed by atoms with Gasteiger partial charge < -0.3 is 10.2 Å². The normalized spacial score (nSPS) is 15.4. The predicted octanol–water partition coefficient (Wildman–Crippen LogP) is 0.598. The maximum absolute atomic E-state index is 12.5. The van der Waals surface area contributed by atoms with Gasteiger partial charge in [0.05, 0.1) is 0 Å². The summed E-state index contributed by atoms with van der Waals surface area (Å²) in [7, 11) is -1.79. The number of aromatic nitrogens is 1. The van der Waals surface area contributed by atoms with Crippen molar-refractivity contribution in [2.75, 3.05) is 38.1 Å². The van der Waals surface area contributed by atoms with E-state index in [0.29, 0.717) is 31.7 Å². The van der Waals surface area contributed by atoms with Crippen LogP contribution in [0.15, 0.2) is 48.8 Å². The van der Waals surface area contributed by atoms with Crippen LogP contribution < -0.4 is 14.9 Å². The number of hydrogen-bond acceptors (Lipinski definition) is 5. The molecule has 0 atom stereocenters. The zero-order chi connectivity index (χ0) is 19.3. The Hall–Kier alpha value is -2.33. The molecule has 0 radical (unpaired) electrons. The lowest BCUT2D eigenvalue weighted by Crippen LogP contribution is -2.50. The second kappa shape index (κ2) is 8.57. The quantitative estimate of drug-likeness (QED) is 0.754. The van der Waals surface area contributed by atoms with Crippen molar-refractivity contribution in [3.8, 4) is 0 Å². The number of piperazine rings is 1. The first kappa shape index (κ1) is 19.4. The van der Waals surface area contributed by atoms with Crippen LogP contribution in [-0.4, -0.2) is 56.8 Å². The van der Waals surface area contributed by atoms with E-state index in [1.807, 2.05) is 12.1 Å². The summed E-state index contributed by atoms with van der Waals surface area (Å²) in [6, 6.07) is 10.6. The highest BCUT2D eigenvalue weighted by molar-refractivity contribution is 7.87. The van der Waals surface area contributed by atoms with Gasteiger partial charge in [-0.2, -0.15) is 17.4 Å². The highest BCUT2D eigenvalue weighted by Crippen LogP contribution is 2.16. The first-order chi connectivity index (χ1) is 13.0. The molecule has 0 spiro atoms. The summed E-state index contributed by atoms with van der Waals surface area (Å²) in [6.45, 7) is 2.46. The van der Waals surface area contributed by atoms with Crippen LogP contribution in [0.3, 0.4) is 0 Å². The molecule has 0 saturated carbocycles. The Morgan fingerprint density at radius 3 is 2.41 bits per heavy atom. The summed E-state index contributed by atoms with van der Waals surface area (Å²) in [5.74, 6) is -0.135. The van der Waals surface area contributed by atoms with E-state index in [2.05, 4.69) is 15.0 Å². The van der Waals surface area contributed by atoms with Gasteiger partial charge in [-0.05, 0) is 29.8 Å². The topological polar surface area (TPSA) is 94.6 Å². The molecule has 2 aromatic rings. The minimum absolute atomic E-state index is 0.135. The van der Waals surface area contributed by atoms with Crippen LogP contribution in [0, 0.1) is 0 Å². The Kier molecular flexibility index (Phi) is 6.17. The summed E-state index contributed by atoms with van der Waals surface area (Å²) in [5, 5.41) is 3.13.